The molecule has 0 aromatic heterocycles. The van der Waals surface area contributed by atoms with Gasteiger partial charge in [0.1, 0.15) is 0 Å². The van der Waals surface area contributed by atoms with Crippen molar-refractivity contribution in [2.45, 2.75) is 26.3 Å². The molecule has 2 unspecified atom stereocenters. The number of methoxy groups -OCH3 is 1. The Hall–Kier alpha value is -0.570. The van der Waals surface area contributed by atoms with Gasteiger partial charge in [0.25, 0.3) is 0 Å². The Balaban J connectivity index is 3.81. The molecule has 10 heavy (non-hydrogen) atoms. The summed E-state index contributed by atoms with van der Waals surface area (Å²) in [5.41, 5.74) is 5.59. The van der Waals surface area contributed by atoms with Gasteiger partial charge in [-0.2, -0.15) is 0 Å². The van der Waals surface area contributed by atoms with Crippen molar-refractivity contribution in [3.8, 4) is 0 Å². The zero-order valence-corrected chi connectivity index (χ0v) is 6.76. The predicted molar refractivity (Wildman–Crippen MR) is 39.4 cm³/mol. The minimum Gasteiger partial charge on any atom is -0.469 e. The van der Waals surface area contributed by atoms with E-state index in [1.54, 1.807) is 6.92 Å². The number of ether oxygens (including phenoxy) is 1. The molecule has 60 valence electrons. The van der Waals surface area contributed by atoms with Crippen molar-refractivity contribution in [1.82, 2.24) is 0 Å². The largest absolute Gasteiger partial charge is 0.469 e. The molecule has 3 nitrogen and oxygen atoms in total. The lowest BCUT2D eigenvalue weighted by Gasteiger charge is -2.14. The summed E-state index contributed by atoms with van der Waals surface area (Å²) in [4.78, 5) is 10.8. The van der Waals surface area contributed by atoms with Crippen LogP contribution in [0.5, 0.6) is 0 Å². The lowest BCUT2D eigenvalue weighted by atomic mass is 10.0. The normalized spacial score (nSPS) is 16.0. The third-order valence-corrected chi connectivity index (χ3v) is 1.69. The summed E-state index contributed by atoms with van der Waals surface area (Å²) in [6.45, 7) is 3.73. The quantitative estimate of drug-likeness (QED) is 0.589. The van der Waals surface area contributed by atoms with Gasteiger partial charge in [0, 0.05) is 6.04 Å². The van der Waals surface area contributed by atoms with Crippen LogP contribution in [0, 0.1) is 5.92 Å². The first kappa shape index (κ1) is 9.43. The van der Waals surface area contributed by atoms with Gasteiger partial charge < -0.3 is 10.5 Å². The minimum absolute atomic E-state index is 0.0764. The molecule has 0 bridgehead atoms. The molecule has 0 fully saturated rings. The summed E-state index contributed by atoms with van der Waals surface area (Å²) in [6, 6.07) is -0.0764. The average molecular weight is 145 g/mol. The molecule has 0 amide bonds. The molecule has 2 N–H and O–H groups in total. The SMILES string of the molecule is CCC(N)C(C)C(=O)OC. The lowest BCUT2D eigenvalue weighted by Crippen LogP contribution is -2.33. The smallest absolute Gasteiger partial charge is 0.309 e. The topological polar surface area (TPSA) is 52.3 Å². The first-order chi connectivity index (χ1) is 4.63. The molecule has 0 saturated carbocycles. The maximum atomic E-state index is 10.8. The van der Waals surface area contributed by atoms with Crippen LogP contribution in [0.2, 0.25) is 0 Å². The van der Waals surface area contributed by atoms with E-state index in [4.69, 9.17) is 5.73 Å². The van der Waals surface area contributed by atoms with Gasteiger partial charge in [-0.05, 0) is 6.42 Å². The summed E-state index contributed by atoms with van der Waals surface area (Å²) in [5, 5.41) is 0. The molecule has 2 atom stereocenters. The van der Waals surface area contributed by atoms with Crippen LogP contribution in [0.3, 0.4) is 0 Å². The molecule has 0 aliphatic rings. The van der Waals surface area contributed by atoms with Crippen LogP contribution in [0.1, 0.15) is 20.3 Å². The average Bonchev–Trinajstić information content (AvgIpc) is 2.00. The first-order valence-electron chi connectivity index (χ1n) is 3.46. The van der Waals surface area contributed by atoms with Gasteiger partial charge in [-0.15, -0.1) is 0 Å². The molecular weight excluding hydrogens is 130 g/mol. The van der Waals surface area contributed by atoms with Crippen molar-refractivity contribution in [1.29, 1.82) is 0 Å². The standard InChI is InChI=1S/C7H15NO2/c1-4-6(8)5(2)7(9)10-3/h5-6H,4,8H2,1-3H3. The predicted octanol–water partition coefficient (Wildman–Crippen LogP) is 0.533. The fourth-order valence-electron chi connectivity index (χ4n) is 0.714. The van der Waals surface area contributed by atoms with E-state index in [2.05, 4.69) is 4.74 Å². The van der Waals surface area contributed by atoms with E-state index in [-0.39, 0.29) is 17.9 Å². The van der Waals surface area contributed by atoms with E-state index in [1.807, 2.05) is 6.92 Å². The molecule has 0 aromatic rings. The van der Waals surface area contributed by atoms with Gasteiger partial charge in [0.05, 0.1) is 13.0 Å². The zero-order chi connectivity index (χ0) is 8.15. The second-order valence-electron chi connectivity index (χ2n) is 2.38. The van der Waals surface area contributed by atoms with Crippen LogP contribution in [0.25, 0.3) is 0 Å². The van der Waals surface area contributed by atoms with Gasteiger partial charge in [-0.3, -0.25) is 4.79 Å². The number of hydrogen-bond acceptors (Lipinski definition) is 3. The van der Waals surface area contributed by atoms with Gasteiger partial charge in [-0.25, -0.2) is 0 Å². The Kier molecular flexibility index (Phi) is 4.03. The third kappa shape index (κ3) is 2.35. The van der Waals surface area contributed by atoms with E-state index in [1.165, 1.54) is 7.11 Å². The summed E-state index contributed by atoms with van der Waals surface area (Å²) in [6.07, 6.45) is 0.802. The Bertz CT molecular complexity index is 114. The number of hydrogen-bond donors (Lipinski definition) is 1. The van der Waals surface area contributed by atoms with E-state index in [9.17, 15) is 4.79 Å². The summed E-state index contributed by atoms with van der Waals surface area (Å²) >= 11 is 0. The van der Waals surface area contributed by atoms with Crippen molar-refractivity contribution in [2.24, 2.45) is 11.7 Å². The fraction of sp³-hybridized carbons (Fsp3) is 0.857. The molecule has 0 heterocycles. The number of esters is 1. The van der Waals surface area contributed by atoms with E-state index < -0.39 is 0 Å². The second kappa shape index (κ2) is 4.28. The van der Waals surface area contributed by atoms with Gasteiger partial charge in [0.15, 0.2) is 0 Å². The Labute approximate surface area is 61.5 Å². The third-order valence-electron chi connectivity index (χ3n) is 1.69. The highest BCUT2D eigenvalue weighted by Crippen LogP contribution is 2.05. The van der Waals surface area contributed by atoms with Gasteiger partial charge in [-0.1, -0.05) is 13.8 Å². The van der Waals surface area contributed by atoms with Crippen molar-refractivity contribution in [3.63, 3.8) is 0 Å². The Morgan fingerprint density at radius 2 is 2.20 bits per heavy atom. The van der Waals surface area contributed by atoms with Crippen LogP contribution >= 0.6 is 0 Å². The molecule has 0 aliphatic carbocycles. The van der Waals surface area contributed by atoms with E-state index in [0.29, 0.717) is 0 Å². The fourth-order valence-corrected chi connectivity index (χ4v) is 0.714. The van der Waals surface area contributed by atoms with Crippen molar-refractivity contribution < 1.29 is 9.53 Å². The molecule has 0 rings (SSSR count). The number of rotatable bonds is 3. The number of nitrogens with two attached hydrogens (primary N) is 1. The molecule has 0 radical (unpaired) electrons. The summed E-state index contributed by atoms with van der Waals surface area (Å²) < 4.78 is 4.52. The van der Waals surface area contributed by atoms with Crippen LogP contribution < -0.4 is 5.73 Å². The van der Waals surface area contributed by atoms with Gasteiger partial charge in [0.2, 0.25) is 0 Å². The second-order valence-corrected chi connectivity index (χ2v) is 2.38. The van der Waals surface area contributed by atoms with Gasteiger partial charge >= 0.3 is 5.97 Å². The number of carbonyl (C=O) groups excluding carboxylic acids is 1. The van der Waals surface area contributed by atoms with Crippen LogP contribution in [-0.4, -0.2) is 19.1 Å². The van der Waals surface area contributed by atoms with Crippen LogP contribution in [0.4, 0.5) is 0 Å². The minimum atomic E-state index is -0.227. The number of carbonyl (C=O) groups is 1. The highest BCUT2D eigenvalue weighted by Gasteiger charge is 2.18. The monoisotopic (exact) mass is 145 g/mol. The summed E-state index contributed by atoms with van der Waals surface area (Å²) in [5.74, 6) is -0.413. The maximum Gasteiger partial charge on any atom is 0.309 e. The summed E-state index contributed by atoms with van der Waals surface area (Å²) in [7, 11) is 1.38. The Morgan fingerprint density at radius 3 is 2.50 bits per heavy atom. The molecular formula is C7H15NO2. The van der Waals surface area contributed by atoms with Crippen LogP contribution in [0.15, 0.2) is 0 Å². The molecule has 0 spiro atoms. The first-order valence-corrected chi connectivity index (χ1v) is 3.46. The highest BCUT2D eigenvalue weighted by molar-refractivity contribution is 5.72. The van der Waals surface area contributed by atoms with Crippen molar-refractivity contribution in [3.05, 3.63) is 0 Å². The Morgan fingerprint density at radius 1 is 1.70 bits per heavy atom. The zero-order valence-electron chi connectivity index (χ0n) is 6.76. The van der Waals surface area contributed by atoms with Crippen molar-refractivity contribution >= 4 is 5.97 Å². The van der Waals surface area contributed by atoms with Crippen LogP contribution in [-0.2, 0) is 9.53 Å². The highest BCUT2D eigenvalue weighted by atomic mass is 16.5. The van der Waals surface area contributed by atoms with E-state index >= 15 is 0 Å². The molecule has 0 aliphatic heterocycles. The molecule has 0 aromatic carbocycles. The lowest BCUT2D eigenvalue weighted by molar-refractivity contribution is -0.145. The molecule has 3 heteroatoms. The molecule has 0 saturated heterocycles. The maximum absolute atomic E-state index is 10.8. The van der Waals surface area contributed by atoms with Crippen molar-refractivity contribution in [2.75, 3.05) is 7.11 Å². The van der Waals surface area contributed by atoms with E-state index in [0.717, 1.165) is 6.42 Å².